The second-order valence-corrected chi connectivity index (χ2v) is 7.64. The number of benzene rings is 1. The van der Waals surface area contributed by atoms with Crippen molar-refractivity contribution >= 4 is 0 Å². The van der Waals surface area contributed by atoms with Gasteiger partial charge in [0.2, 0.25) is 0 Å². The second-order valence-electron chi connectivity index (χ2n) is 7.64. The molecule has 2 heterocycles. The van der Waals surface area contributed by atoms with Gasteiger partial charge in [0, 0.05) is 43.5 Å². The predicted molar refractivity (Wildman–Crippen MR) is 103 cm³/mol. The fourth-order valence-electron chi connectivity index (χ4n) is 3.90. The van der Waals surface area contributed by atoms with Gasteiger partial charge < -0.3 is 10.1 Å². The number of hydrogen-bond donors (Lipinski definition) is 1. The maximum absolute atomic E-state index is 5.94. The number of ether oxygens (including phenoxy) is 1. The molecule has 5 nitrogen and oxygen atoms in total. The van der Waals surface area contributed by atoms with Crippen LogP contribution in [0.2, 0.25) is 0 Å². The first-order chi connectivity index (χ1) is 12.7. The highest BCUT2D eigenvalue weighted by atomic mass is 16.5. The minimum Gasteiger partial charge on any atom is -0.374 e. The highest BCUT2D eigenvalue weighted by Gasteiger charge is 2.32. The van der Waals surface area contributed by atoms with Crippen LogP contribution < -0.4 is 5.32 Å². The lowest BCUT2D eigenvalue weighted by molar-refractivity contribution is -0.0301. The number of aromatic nitrogens is 2. The molecule has 5 heteroatoms. The van der Waals surface area contributed by atoms with Crippen molar-refractivity contribution in [2.24, 2.45) is 0 Å². The van der Waals surface area contributed by atoms with Crippen LogP contribution >= 0.6 is 0 Å². The van der Waals surface area contributed by atoms with Crippen molar-refractivity contribution in [1.29, 1.82) is 0 Å². The van der Waals surface area contributed by atoms with Gasteiger partial charge in [0.05, 0.1) is 24.9 Å². The van der Waals surface area contributed by atoms with Crippen LogP contribution in [-0.2, 0) is 17.8 Å². The van der Waals surface area contributed by atoms with E-state index in [1.54, 1.807) is 0 Å². The summed E-state index contributed by atoms with van der Waals surface area (Å²) in [5.74, 6) is 0. The third-order valence-electron chi connectivity index (χ3n) is 5.61. The van der Waals surface area contributed by atoms with E-state index in [4.69, 9.17) is 9.84 Å². The highest BCUT2D eigenvalue weighted by Crippen LogP contribution is 2.28. The van der Waals surface area contributed by atoms with Crippen LogP contribution in [0, 0.1) is 13.8 Å². The largest absolute Gasteiger partial charge is 0.374 e. The molecule has 0 radical (unpaired) electrons. The summed E-state index contributed by atoms with van der Waals surface area (Å²) in [4.78, 5) is 2.60. The summed E-state index contributed by atoms with van der Waals surface area (Å²) >= 11 is 0. The summed E-state index contributed by atoms with van der Waals surface area (Å²) in [5, 5.41) is 8.36. The van der Waals surface area contributed by atoms with E-state index in [-0.39, 0.29) is 0 Å². The summed E-state index contributed by atoms with van der Waals surface area (Å²) in [5.41, 5.74) is 4.97. The minimum absolute atomic E-state index is 0.310. The molecule has 1 aromatic heterocycles. The Morgan fingerprint density at radius 2 is 2.00 bits per heavy atom. The van der Waals surface area contributed by atoms with Gasteiger partial charge in [-0.3, -0.25) is 9.58 Å². The molecule has 140 valence electrons. The molecular weight excluding hydrogens is 324 g/mol. The zero-order valence-electron chi connectivity index (χ0n) is 15.9. The summed E-state index contributed by atoms with van der Waals surface area (Å²) in [6.07, 6.45) is 3.06. The topological polar surface area (TPSA) is 42.3 Å². The Hall–Kier alpha value is -1.69. The molecule has 1 aromatic carbocycles. The average Bonchev–Trinajstić information content (AvgIpc) is 3.47. The van der Waals surface area contributed by atoms with Crippen molar-refractivity contribution in [1.82, 2.24) is 20.0 Å². The molecule has 26 heavy (non-hydrogen) atoms. The molecule has 2 fully saturated rings. The molecule has 1 saturated carbocycles. The fraction of sp³-hybridized carbons (Fsp3) is 0.571. The average molecular weight is 354 g/mol. The molecular formula is C21H30N4O. The summed E-state index contributed by atoms with van der Waals surface area (Å²) < 4.78 is 8.06. The SMILES string of the molecule is Cc1nn(Cc2ccccc2)c(C)c1CNC[C@@H]1CN(C2CC2)CCO1. The first kappa shape index (κ1) is 17.7. The van der Waals surface area contributed by atoms with Gasteiger partial charge in [0.25, 0.3) is 0 Å². The maximum Gasteiger partial charge on any atom is 0.0826 e. The van der Waals surface area contributed by atoms with Crippen molar-refractivity contribution in [3.63, 3.8) is 0 Å². The summed E-state index contributed by atoms with van der Waals surface area (Å²) in [6, 6.07) is 11.4. The molecule has 1 N–H and O–H groups in total. The Bertz CT molecular complexity index is 723. The Morgan fingerprint density at radius 3 is 2.77 bits per heavy atom. The van der Waals surface area contributed by atoms with E-state index in [1.807, 2.05) is 0 Å². The zero-order chi connectivity index (χ0) is 17.9. The quantitative estimate of drug-likeness (QED) is 0.830. The van der Waals surface area contributed by atoms with Gasteiger partial charge in [-0.15, -0.1) is 0 Å². The number of morpholine rings is 1. The number of nitrogens with zero attached hydrogens (tertiary/aromatic N) is 3. The van der Waals surface area contributed by atoms with Crippen LogP contribution in [0.4, 0.5) is 0 Å². The molecule has 0 bridgehead atoms. The lowest BCUT2D eigenvalue weighted by atomic mass is 10.2. The lowest BCUT2D eigenvalue weighted by Gasteiger charge is -2.33. The molecule has 1 saturated heterocycles. The lowest BCUT2D eigenvalue weighted by Crippen LogP contribution is -2.47. The van der Waals surface area contributed by atoms with E-state index >= 15 is 0 Å². The number of rotatable bonds is 7. The summed E-state index contributed by atoms with van der Waals surface area (Å²) in [6.45, 7) is 9.92. The molecule has 2 aromatic rings. The third kappa shape index (κ3) is 4.17. The van der Waals surface area contributed by atoms with Gasteiger partial charge in [-0.2, -0.15) is 5.10 Å². The molecule has 0 spiro atoms. The van der Waals surface area contributed by atoms with Crippen molar-refractivity contribution < 1.29 is 4.74 Å². The van der Waals surface area contributed by atoms with Gasteiger partial charge >= 0.3 is 0 Å². The van der Waals surface area contributed by atoms with Gasteiger partial charge in [0.1, 0.15) is 0 Å². The molecule has 0 amide bonds. The maximum atomic E-state index is 5.94. The van der Waals surface area contributed by atoms with E-state index < -0.39 is 0 Å². The summed E-state index contributed by atoms with van der Waals surface area (Å²) in [7, 11) is 0. The van der Waals surface area contributed by atoms with Gasteiger partial charge in [-0.05, 0) is 32.3 Å². The van der Waals surface area contributed by atoms with Crippen LogP contribution in [0.5, 0.6) is 0 Å². The normalized spacial score (nSPS) is 21.2. The fourth-order valence-corrected chi connectivity index (χ4v) is 3.90. The van der Waals surface area contributed by atoms with Crippen molar-refractivity contribution in [2.75, 3.05) is 26.2 Å². The molecule has 1 atom stereocenters. The van der Waals surface area contributed by atoms with E-state index in [0.29, 0.717) is 6.10 Å². The molecule has 0 unspecified atom stereocenters. The highest BCUT2D eigenvalue weighted by molar-refractivity contribution is 5.26. The van der Waals surface area contributed by atoms with E-state index in [0.717, 1.165) is 51.1 Å². The van der Waals surface area contributed by atoms with Crippen LogP contribution in [0.25, 0.3) is 0 Å². The first-order valence-electron chi connectivity index (χ1n) is 9.84. The van der Waals surface area contributed by atoms with Crippen LogP contribution in [0.3, 0.4) is 0 Å². The Labute approximate surface area is 156 Å². The van der Waals surface area contributed by atoms with Crippen molar-refractivity contribution in [3.05, 3.63) is 52.8 Å². The smallest absolute Gasteiger partial charge is 0.0826 e. The van der Waals surface area contributed by atoms with Crippen molar-refractivity contribution in [3.8, 4) is 0 Å². The number of aryl methyl sites for hydroxylation is 1. The second kappa shape index (κ2) is 7.91. The van der Waals surface area contributed by atoms with Crippen LogP contribution in [0.1, 0.15) is 35.4 Å². The third-order valence-corrected chi connectivity index (χ3v) is 5.61. The molecule has 2 aliphatic rings. The standard InChI is InChI=1S/C21H30N4O/c1-16-21(17(2)25(23-16)14-18-6-4-3-5-7-18)13-22-12-20-15-24(10-11-26-20)19-8-9-19/h3-7,19-20,22H,8-15H2,1-2H3/t20-/m1/s1. The van der Waals surface area contributed by atoms with Gasteiger partial charge in [-0.1, -0.05) is 30.3 Å². The number of nitrogens with one attached hydrogen (secondary N) is 1. The van der Waals surface area contributed by atoms with Crippen molar-refractivity contribution in [2.45, 2.75) is 51.9 Å². The van der Waals surface area contributed by atoms with Gasteiger partial charge in [-0.25, -0.2) is 0 Å². The van der Waals surface area contributed by atoms with E-state index in [1.165, 1.54) is 29.7 Å². The minimum atomic E-state index is 0.310. The Balaban J connectivity index is 1.32. The Kier molecular flexibility index (Phi) is 5.38. The number of hydrogen-bond acceptors (Lipinski definition) is 4. The molecule has 4 rings (SSSR count). The van der Waals surface area contributed by atoms with Crippen LogP contribution in [-0.4, -0.2) is 53.1 Å². The van der Waals surface area contributed by atoms with Crippen LogP contribution in [0.15, 0.2) is 30.3 Å². The predicted octanol–water partition coefficient (Wildman–Crippen LogP) is 2.50. The zero-order valence-corrected chi connectivity index (χ0v) is 15.9. The van der Waals surface area contributed by atoms with E-state index in [2.05, 4.69) is 59.1 Å². The van der Waals surface area contributed by atoms with E-state index in [9.17, 15) is 0 Å². The first-order valence-corrected chi connectivity index (χ1v) is 9.84. The van der Waals surface area contributed by atoms with Gasteiger partial charge in [0.15, 0.2) is 0 Å². The monoisotopic (exact) mass is 354 g/mol. The molecule has 1 aliphatic carbocycles. The molecule has 1 aliphatic heterocycles. The Morgan fingerprint density at radius 1 is 1.19 bits per heavy atom.